The standard InChI is InChI=1S/C18H22N6O2/c1-11-5-22-23-15(11)17(26)24-9-18(10-24)3-12(4-18)6-21-16(25)13-2-14(19)8-20-7-13/h2,5,7-8,12H,3-4,6,9-10,19H2,1H3,(H,21,25)(H,22,23). The smallest absolute Gasteiger partial charge is 0.272 e. The van der Waals surface area contributed by atoms with Crippen molar-refractivity contribution in [1.29, 1.82) is 0 Å². The third-order valence-corrected chi connectivity index (χ3v) is 5.40. The number of nitrogen functional groups attached to an aromatic ring is 1. The topological polar surface area (TPSA) is 117 Å². The van der Waals surface area contributed by atoms with Gasteiger partial charge in [0.05, 0.1) is 17.4 Å². The second-order valence-electron chi connectivity index (χ2n) is 7.58. The Hall–Kier alpha value is -2.90. The summed E-state index contributed by atoms with van der Waals surface area (Å²) in [5, 5.41) is 9.64. The molecular weight excluding hydrogens is 332 g/mol. The average molecular weight is 354 g/mol. The van der Waals surface area contributed by atoms with Gasteiger partial charge in [-0.25, -0.2) is 0 Å². The number of likely N-dealkylation sites (tertiary alicyclic amines) is 1. The van der Waals surface area contributed by atoms with Gasteiger partial charge in [-0.3, -0.25) is 19.7 Å². The lowest BCUT2D eigenvalue weighted by molar-refractivity contribution is -0.0751. The van der Waals surface area contributed by atoms with Gasteiger partial charge in [0.2, 0.25) is 0 Å². The van der Waals surface area contributed by atoms with Crippen molar-refractivity contribution in [3.63, 3.8) is 0 Å². The average Bonchev–Trinajstić information content (AvgIpc) is 2.97. The maximum atomic E-state index is 12.4. The predicted octanol–water partition coefficient (Wildman–Crippen LogP) is 0.978. The van der Waals surface area contributed by atoms with Crippen LogP contribution in [0, 0.1) is 18.3 Å². The summed E-state index contributed by atoms with van der Waals surface area (Å²) in [6, 6.07) is 1.62. The van der Waals surface area contributed by atoms with Crippen molar-refractivity contribution in [2.24, 2.45) is 11.3 Å². The zero-order valence-electron chi connectivity index (χ0n) is 14.7. The Labute approximate surface area is 151 Å². The van der Waals surface area contributed by atoms with E-state index in [2.05, 4.69) is 20.5 Å². The van der Waals surface area contributed by atoms with Gasteiger partial charge in [0.25, 0.3) is 11.8 Å². The van der Waals surface area contributed by atoms with Crippen molar-refractivity contribution < 1.29 is 9.59 Å². The van der Waals surface area contributed by atoms with Gasteiger partial charge in [0.15, 0.2) is 0 Å². The van der Waals surface area contributed by atoms with Crippen LogP contribution in [0.15, 0.2) is 24.7 Å². The summed E-state index contributed by atoms with van der Waals surface area (Å²) in [4.78, 5) is 30.3. The number of carbonyl (C=O) groups is 2. The molecule has 1 aliphatic carbocycles. The normalized spacial score (nSPS) is 18.3. The molecule has 26 heavy (non-hydrogen) atoms. The molecule has 1 saturated carbocycles. The van der Waals surface area contributed by atoms with Gasteiger partial charge in [-0.05, 0) is 37.3 Å². The number of nitrogens with two attached hydrogens (primary N) is 1. The number of aromatic nitrogens is 3. The number of nitrogens with one attached hydrogen (secondary N) is 2. The minimum Gasteiger partial charge on any atom is -0.397 e. The lowest BCUT2D eigenvalue weighted by atomic mass is 9.57. The van der Waals surface area contributed by atoms with Crippen LogP contribution >= 0.6 is 0 Å². The van der Waals surface area contributed by atoms with E-state index in [0.717, 1.165) is 31.5 Å². The minimum absolute atomic E-state index is 0.0246. The lowest BCUT2D eigenvalue weighted by Gasteiger charge is -2.59. The Morgan fingerprint density at radius 1 is 1.35 bits per heavy atom. The first-order valence-electron chi connectivity index (χ1n) is 8.74. The zero-order chi connectivity index (χ0) is 18.3. The van der Waals surface area contributed by atoms with E-state index in [0.29, 0.717) is 29.4 Å². The molecule has 0 unspecified atom stereocenters. The highest BCUT2D eigenvalue weighted by atomic mass is 16.2. The quantitative estimate of drug-likeness (QED) is 0.756. The van der Waals surface area contributed by atoms with E-state index < -0.39 is 0 Å². The van der Waals surface area contributed by atoms with E-state index >= 15 is 0 Å². The summed E-state index contributed by atoms with van der Waals surface area (Å²) in [5.74, 6) is 0.335. The molecule has 4 rings (SSSR count). The third-order valence-electron chi connectivity index (χ3n) is 5.40. The number of H-pyrrole nitrogens is 1. The number of hydrogen-bond acceptors (Lipinski definition) is 5. The summed E-state index contributed by atoms with van der Waals surface area (Å²) in [5.41, 5.74) is 8.30. The van der Waals surface area contributed by atoms with Gasteiger partial charge >= 0.3 is 0 Å². The number of aryl methyl sites for hydroxylation is 1. The van der Waals surface area contributed by atoms with Crippen LogP contribution in [-0.4, -0.2) is 51.5 Å². The van der Waals surface area contributed by atoms with E-state index in [1.165, 1.54) is 12.4 Å². The van der Waals surface area contributed by atoms with Crippen LogP contribution in [0.25, 0.3) is 0 Å². The summed E-state index contributed by atoms with van der Waals surface area (Å²) >= 11 is 0. The molecule has 0 atom stereocenters. The highest BCUT2D eigenvalue weighted by Crippen LogP contribution is 2.51. The first-order chi connectivity index (χ1) is 12.5. The molecule has 2 aromatic heterocycles. The number of carbonyl (C=O) groups excluding carboxylic acids is 2. The second-order valence-corrected chi connectivity index (χ2v) is 7.58. The summed E-state index contributed by atoms with van der Waals surface area (Å²) in [6.45, 7) is 4.09. The van der Waals surface area contributed by atoms with Gasteiger partial charge in [-0.1, -0.05) is 0 Å². The molecule has 136 valence electrons. The molecule has 2 aliphatic rings. The molecular formula is C18H22N6O2. The van der Waals surface area contributed by atoms with Crippen LogP contribution in [-0.2, 0) is 0 Å². The molecule has 2 fully saturated rings. The van der Waals surface area contributed by atoms with Gasteiger partial charge in [-0.15, -0.1) is 0 Å². The number of aromatic amines is 1. The van der Waals surface area contributed by atoms with Crippen molar-refractivity contribution in [3.05, 3.63) is 41.5 Å². The Balaban J connectivity index is 1.22. The molecule has 0 radical (unpaired) electrons. The Morgan fingerprint density at radius 3 is 2.77 bits per heavy atom. The van der Waals surface area contributed by atoms with Crippen molar-refractivity contribution in [2.75, 3.05) is 25.4 Å². The molecule has 2 amide bonds. The number of pyridine rings is 1. The number of amides is 2. The van der Waals surface area contributed by atoms with Crippen molar-refractivity contribution >= 4 is 17.5 Å². The van der Waals surface area contributed by atoms with Crippen LogP contribution in [0.4, 0.5) is 5.69 Å². The van der Waals surface area contributed by atoms with Crippen LogP contribution in [0.2, 0.25) is 0 Å². The van der Waals surface area contributed by atoms with Crippen LogP contribution in [0.1, 0.15) is 39.3 Å². The summed E-state index contributed by atoms with van der Waals surface area (Å²) < 4.78 is 0. The fraction of sp³-hybridized carbons (Fsp3) is 0.444. The SMILES string of the molecule is Cc1cn[nH]c1C(=O)N1CC2(CC(CNC(=O)c3cncc(N)c3)C2)C1. The van der Waals surface area contributed by atoms with Crippen molar-refractivity contribution in [3.8, 4) is 0 Å². The highest BCUT2D eigenvalue weighted by Gasteiger charge is 2.53. The fourth-order valence-corrected chi connectivity index (χ4v) is 4.12. The lowest BCUT2D eigenvalue weighted by Crippen LogP contribution is -2.64. The number of nitrogens with zero attached hydrogens (tertiary/aromatic N) is 3. The maximum absolute atomic E-state index is 12.4. The molecule has 1 spiro atoms. The molecule has 1 aliphatic heterocycles. The number of hydrogen-bond donors (Lipinski definition) is 3. The van der Waals surface area contributed by atoms with Gasteiger partial charge in [0.1, 0.15) is 5.69 Å². The summed E-state index contributed by atoms with van der Waals surface area (Å²) in [7, 11) is 0. The minimum atomic E-state index is -0.147. The second kappa shape index (κ2) is 6.12. The van der Waals surface area contributed by atoms with Gasteiger partial charge in [0, 0.05) is 37.4 Å². The van der Waals surface area contributed by atoms with E-state index in [4.69, 9.17) is 5.73 Å². The number of anilines is 1. The molecule has 8 nitrogen and oxygen atoms in total. The largest absolute Gasteiger partial charge is 0.397 e. The maximum Gasteiger partial charge on any atom is 0.272 e. The highest BCUT2D eigenvalue weighted by molar-refractivity contribution is 5.95. The predicted molar refractivity (Wildman–Crippen MR) is 95.4 cm³/mol. The van der Waals surface area contributed by atoms with E-state index in [1.807, 2.05) is 11.8 Å². The zero-order valence-corrected chi connectivity index (χ0v) is 14.7. The van der Waals surface area contributed by atoms with E-state index in [9.17, 15) is 9.59 Å². The Morgan fingerprint density at radius 2 is 2.12 bits per heavy atom. The first-order valence-corrected chi connectivity index (χ1v) is 8.74. The fourth-order valence-electron chi connectivity index (χ4n) is 4.12. The van der Waals surface area contributed by atoms with Crippen LogP contribution in [0.3, 0.4) is 0 Å². The van der Waals surface area contributed by atoms with E-state index in [-0.39, 0.29) is 17.2 Å². The van der Waals surface area contributed by atoms with Crippen molar-refractivity contribution in [1.82, 2.24) is 25.4 Å². The number of rotatable bonds is 4. The van der Waals surface area contributed by atoms with Crippen molar-refractivity contribution in [2.45, 2.75) is 19.8 Å². The Kier molecular flexibility index (Phi) is 3.90. The molecule has 3 heterocycles. The summed E-state index contributed by atoms with van der Waals surface area (Å²) in [6.07, 6.45) is 6.77. The molecule has 0 bridgehead atoms. The molecule has 2 aromatic rings. The van der Waals surface area contributed by atoms with Crippen LogP contribution < -0.4 is 11.1 Å². The molecule has 0 aromatic carbocycles. The van der Waals surface area contributed by atoms with E-state index in [1.54, 1.807) is 12.3 Å². The molecule has 1 saturated heterocycles. The molecule has 8 heteroatoms. The molecule has 4 N–H and O–H groups in total. The Bertz CT molecular complexity index is 847. The third kappa shape index (κ3) is 2.91. The van der Waals surface area contributed by atoms with Crippen LogP contribution in [0.5, 0.6) is 0 Å². The van der Waals surface area contributed by atoms with Gasteiger partial charge < -0.3 is 16.0 Å². The first kappa shape index (κ1) is 16.6. The van der Waals surface area contributed by atoms with Gasteiger partial charge in [-0.2, -0.15) is 5.10 Å². The monoisotopic (exact) mass is 354 g/mol.